The van der Waals surface area contributed by atoms with Crippen molar-refractivity contribution in [1.29, 1.82) is 0 Å². The predicted molar refractivity (Wildman–Crippen MR) is 79.2 cm³/mol. The maximum absolute atomic E-state index is 11.9. The molecule has 3 aliphatic heterocycles. The molecule has 0 unspecified atom stereocenters. The van der Waals surface area contributed by atoms with Crippen LogP contribution in [0, 0.1) is 5.92 Å². The SMILES string of the molecule is Cl.Cl.O=C(N[C@H]1CN2CCC1CC2)c1cccs1. The maximum Gasteiger partial charge on any atom is 0.261 e. The van der Waals surface area contributed by atoms with Crippen LogP contribution in [0.5, 0.6) is 0 Å². The second-order valence-corrected chi connectivity index (χ2v) is 5.64. The van der Waals surface area contributed by atoms with Gasteiger partial charge in [0.2, 0.25) is 0 Å². The smallest absolute Gasteiger partial charge is 0.261 e. The molecule has 102 valence electrons. The Labute approximate surface area is 124 Å². The van der Waals surface area contributed by atoms with Gasteiger partial charge in [-0.25, -0.2) is 0 Å². The van der Waals surface area contributed by atoms with Gasteiger partial charge in [-0.3, -0.25) is 4.79 Å². The number of nitrogens with one attached hydrogen (secondary N) is 1. The molecule has 3 nitrogen and oxygen atoms in total. The number of carbonyl (C=O) groups excluding carboxylic acids is 1. The summed E-state index contributed by atoms with van der Waals surface area (Å²) in [4.78, 5) is 15.2. The van der Waals surface area contributed by atoms with Crippen LogP contribution in [0.3, 0.4) is 0 Å². The Morgan fingerprint density at radius 1 is 1.33 bits per heavy atom. The first kappa shape index (κ1) is 15.8. The predicted octanol–water partition coefficient (Wildman–Crippen LogP) is 2.42. The fourth-order valence-corrected chi connectivity index (χ4v) is 3.40. The minimum Gasteiger partial charge on any atom is -0.347 e. The van der Waals surface area contributed by atoms with E-state index in [9.17, 15) is 4.79 Å². The number of piperidine rings is 3. The summed E-state index contributed by atoms with van der Waals surface area (Å²) in [5.74, 6) is 0.808. The molecular formula is C12H18Cl2N2OS. The first-order valence-electron chi connectivity index (χ1n) is 5.89. The van der Waals surface area contributed by atoms with Crippen LogP contribution in [0.15, 0.2) is 17.5 Å². The zero-order valence-corrected chi connectivity index (χ0v) is 12.5. The minimum absolute atomic E-state index is 0. The topological polar surface area (TPSA) is 32.3 Å². The summed E-state index contributed by atoms with van der Waals surface area (Å²) >= 11 is 1.51. The van der Waals surface area contributed by atoms with E-state index in [0.717, 1.165) is 11.4 Å². The van der Waals surface area contributed by atoms with E-state index in [1.54, 1.807) is 0 Å². The molecule has 0 spiro atoms. The average Bonchev–Trinajstić information content (AvgIpc) is 2.84. The standard InChI is InChI=1S/C12H16N2OS.2ClH/c15-12(11-2-1-7-16-11)13-10-8-14-5-3-9(10)4-6-14;;/h1-2,7,9-10H,3-6,8H2,(H,13,15);2*1H/t10-;;/m0../s1. The number of rotatable bonds is 2. The van der Waals surface area contributed by atoms with Crippen molar-refractivity contribution in [2.45, 2.75) is 18.9 Å². The zero-order valence-electron chi connectivity index (χ0n) is 10.0. The van der Waals surface area contributed by atoms with E-state index in [1.165, 1.54) is 37.3 Å². The molecule has 1 atom stereocenters. The summed E-state index contributed by atoms with van der Waals surface area (Å²) in [6.45, 7) is 3.48. The van der Waals surface area contributed by atoms with Crippen LogP contribution < -0.4 is 5.32 Å². The molecule has 0 aromatic carbocycles. The van der Waals surface area contributed by atoms with Gasteiger partial charge in [0.1, 0.15) is 0 Å². The first-order valence-corrected chi connectivity index (χ1v) is 6.77. The summed E-state index contributed by atoms with van der Waals surface area (Å²) in [6, 6.07) is 4.19. The van der Waals surface area contributed by atoms with Gasteiger partial charge < -0.3 is 10.2 Å². The number of carbonyl (C=O) groups is 1. The molecule has 3 fully saturated rings. The van der Waals surface area contributed by atoms with Crippen LogP contribution in [0.2, 0.25) is 0 Å². The van der Waals surface area contributed by atoms with Crippen molar-refractivity contribution in [3.8, 4) is 0 Å². The molecule has 1 aromatic heterocycles. The Hall–Kier alpha value is -0.290. The van der Waals surface area contributed by atoms with Crippen molar-refractivity contribution >= 4 is 42.1 Å². The van der Waals surface area contributed by atoms with E-state index in [0.29, 0.717) is 12.0 Å². The molecule has 6 heteroatoms. The lowest BCUT2D eigenvalue weighted by molar-refractivity contribution is 0.0622. The van der Waals surface area contributed by atoms with Gasteiger partial charge in [0, 0.05) is 12.6 Å². The molecule has 2 bridgehead atoms. The molecule has 0 saturated carbocycles. The van der Waals surface area contributed by atoms with Gasteiger partial charge in [0.05, 0.1) is 4.88 Å². The van der Waals surface area contributed by atoms with E-state index >= 15 is 0 Å². The molecule has 1 aromatic rings. The van der Waals surface area contributed by atoms with Gasteiger partial charge in [-0.1, -0.05) is 6.07 Å². The second-order valence-electron chi connectivity index (χ2n) is 4.70. The van der Waals surface area contributed by atoms with Gasteiger partial charge in [-0.05, 0) is 43.3 Å². The number of halogens is 2. The zero-order chi connectivity index (χ0) is 11.0. The van der Waals surface area contributed by atoms with Crippen molar-refractivity contribution < 1.29 is 4.79 Å². The van der Waals surface area contributed by atoms with Gasteiger partial charge >= 0.3 is 0 Å². The van der Waals surface area contributed by atoms with Crippen molar-refractivity contribution in [2.24, 2.45) is 5.92 Å². The highest BCUT2D eigenvalue weighted by Gasteiger charge is 2.34. The third-order valence-electron chi connectivity index (χ3n) is 3.72. The molecular weight excluding hydrogens is 291 g/mol. The normalized spacial score (nSPS) is 29.0. The number of amides is 1. The molecule has 3 aliphatic rings. The van der Waals surface area contributed by atoms with E-state index in [1.807, 2.05) is 17.5 Å². The number of thiophene rings is 1. The number of hydrogen-bond donors (Lipinski definition) is 1. The van der Waals surface area contributed by atoms with Gasteiger partial charge in [-0.15, -0.1) is 36.2 Å². The van der Waals surface area contributed by atoms with E-state index in [4.69, 9.17) is 0 Å². The Morgan fingerprint density at radius 3 is 2.56 bits per heavy atom. The highest BCUT2D eigenvalue weighted by atomic mass is 35.5. The van der Waals surface area contributed by atoms with Gasteiger partial charge in [-0.2, -0.15) is 0 Å². The molecule has 0 aliphatic carbocycles. The maximum atomic E-state index is 11.9. The summed E-state index contributed by atoms with van der Waals surface area (Å²) < 4.78 is 0. The van der Waals surface area contributed by atoms with Crippen molar-refractivity contribution in [3.05, 3.63) is 22.4 Å². The van der Waals surface area contributed by atoms with E-state index in [-0.39, 0.29) is 30.7 Å². The van der Waals surface area contributed by atoms with E-state index in [2.05, 4.69) is 10.2 Å². The lowest BCUT2D eigenvalue weighted by Gasteiger charge is -2.44. The van der Waals surface area contributed by atoms with Crippen LogP contribution in [0.1, 0.15) is 22.5 Å². The number of fused-ring (bicyclic) bond motifs is 3. The molecule has 0 radical (unpaired) electrons. The lowest BCUT2D eigenvalue weighted by Crippen LogP contribution is -2.57. The molecule has 1 N–H and O–H groups in total. The third-order valence-corrected chi connectivity index (χ3v) is 4.59. The minimum atomic E-state index is 0. The Morgan fingerprint density at radius 2 is 2.06 bits per heavy atom. The lowest BCUT2D eigenvalue weighted by atomic mass is 9.84. The largest absolute Gasteiger partial charge is 0.347 e. The second kappa shape index (κ2) is 6.75. The Bertz CT molecular complexity index is 377. The quantitative estimate of drug-likeness (QED) is 0.910. The van der Waals surface area contributed by atoms with Crippen LogP contribution in [0.25, 0.3) is 0 Å². The van der Waals surface area contributed by atoms with Crippen molar-refractivity contribution in [3.63, 3.8) is 0 Å². The first-order chi connectivity index (χ1) is 7.83. The molecule has 1 amide bonds. The molecule has 4 rings (SSSR count). The Kier molecular flexibility index (Phi) is 5.92. The van der Waals surface area contributed by atoms with Crippen LogP contribution in [-0.4, -0.2) is 36.5 Å². The van der Waals surface area contributed by atoms with Crippen LogP contribution in [-0.2, 0) is 0 Å². The van der Waals surface area contributed by atoms with E-state index < -0.39 is 0 Å². The summed E-state index contributed by atoms with van der Waals surface area (Å²) in [6.07, 6.45) is 2.49. The average molecular weight is 309 g/mol. The van der Waals surface area contributed by atoms with Crippen molar-refractivity contribution in [2.75, 3.05) is 19.6 Å². The van der Waals surface area contributed by atoms with Gasteiger partial charge in [0.15, 0.2) is 0 Å². The monoisotopic (exact) mass is 308 g/mol. The highest BCUT2D eigenvalue weighted by molar-refractivity contribution is 7.12. The van der Waals surface area contributed by atoms with Crippen molar-refractivity contribution in [1.82, 2.24) is 10.2 Å². The van der Waals surface area contributed by atoms with Crippen LogP contribution >= 0.6 is 36.2 Å². The van der Waals surface area contributed by atoms with Crippen LogP contribution in [0.4, 0.5) is 0 Å². The highest BCUT2D eigenvalue weighted by Crippen LogP contribution is 2.27. The fourth-order valence-electron chi connectivity index (χ4n) is 2.78. The fraction of sp³-hybridized carbons (Fsp3) is 0.583. The number of hydrogen-bond acceptors (Lipinski definition) is 3. The summed E-state index contributed by atoms with van der Waals surface area (Å²) in [7, 11) is 0. The summed E-state index contributed by atoms with van der Waals surface area (Å²) in [5, 5.41) is 5.13. The Balaban J connectivity index is 0.000000810. The molecule has 18 heavy (non-hydrogen) atoms. The molecule has 4 heterocycles. The third kappa shape index (κ3) is 3.18. The summed E-state index contributed by atoms with van der Waals surface area (Å²) in [5.41, 5.74) is 0. The van der Waals surface area contributed by atoms with Gasteiger partial charge in [0.25, 0.3) is 5.91 Å². The molecule has 3 saturated heterocycles. The number of nitrogens with zero attached hydrogens (tertiary/aromatic N) is 1.